The van der Waals surface area contributed by atoms with Crippen molar-refractivity contribution < 1.29 is 17.0 Å². The molecule has 0 bridgehead atoms. The highest BCUT2D eigenvalue weighted by atomic mass is 35.5. The Morgan fingerprint density at radius 1 is 1.62 bits per heavy atom. The van der Waals surface area contributed by atoms with E-state index < -0.39 is 0 Å². The van der Waals surface area contributed by atoms with E-state index in [-0.39, 0.29) is 12.4 Å². The molecule has 0 rings (SSSR count). The van der Waals surface area contributed by atoms with E-state index in [0.717, 1.165) is 0 Å². The van der Waals surface area contributed by atoms with E-state index in [1.54, 1.807) is 0 Å². The third-order valence-corrected chi connectivity index (χ3v) is 0.499. The summed E-state index contributed by atoms with van der Waals surface area (Å²) in [6.07, 6.45) is 4.97. The van der Waals surface area contributed by atoms with Gasteiger partial charge in [-0.3, -0.25) is 0 Å². The maximum atomic E-state index is 5.44. The summed E-state index contributed by atoms with van der Waals surface area (Å²) < 4.78 is 0.358. The zero-order valence-electron chi connectivity index (χ0n) is 5.19. The summed E-state index contributed by atoms with van der Waals surface area (Å²) in [4.78, 5) is 0. The third kappa shape index (κ3) is 9.24. The van der Waals surface area contributed by atoms with E-state index in [1.165, 1.54) is 0 Å². The first-order valence-corrected chi connectivity index (χ1v) is 2.11. The van der Waals surface area contributed by atoms with Crippen molar-refractivity contribution in [1.82, 2.24) is 0 Å². The number of quaternary nitrogens is 1. The van der Waals surface area contributed by atoms with Crippen LogP contribution >= 0.6 is 0 Å². The Kier molecular flexibility index (Phi) is 4.99. The van der Waals surface area contributed by atoms with E-state index in [1.807, 2.05) is 14.1 Å². The first-order valence-electron chi connectivity index (χ1n) is 2.11. The summed E-state index contributed by atoms with van der Waals surface area (Å²) in [6.45, 7) is 0.583. The first-order chi connectivity index (χ1) is 3.06. The Morgan fingerprint density at radius 2 is 2.00 bits per heavy atom. The van der Waals surface area contributed by atoms with Gasteiger partial charge in [-0.15, -0.1) is 6.42 Å². The number of nitrogens with two attached hydrogens (primary N) is 1. The van der Waals surface area contributed by atoms with Gasteiger partial charge in [0.15, 0.2) is 6.54 Å². The second-order valence-corrected chi connectivity index (χ2v) is 2.14. The van der Waals surface area contributed by atoms with Crippen molar-refractivity contribution >= 4 is 0 Å². The lowest BCUT2D eigenvalue weighted by atomic mass is 10.6. The predicted molar refractivity (Wildman–Crippen MR) is 30.0 cm³/mol. The maximum Gasteiger partial charge on any atom is 0.157 e. The summed E-state index contributed by atoms with van der Waals surface area (Å²) in [5.74, 6) is 7.90. The zero-order chi connectivity index (χ0) is 5.91. The Morgan fingerprint density at radius 3 is 2.00 bits per heavy atom. The third-order valence-electron chi connectivity index (χ3n) is 0.499. The van der Waals surface area contributed by atoms with Crippen LogP contribution < -0.4 is 18.2 Å². The molecule has 2 nitrogen and oxygen atoms in total. The molecular weight excluding hydrogens is 124 g/mol. The van der Waals surface area contributed by atoms with Gasteiger partial charge in [0.2, 0.25) is 0 Å². The number of halogens is 1. The summed E-state index contributed by atoms with van der Waals surface area (Å²) in [5.41, 5.74) is 0. The highest BCUT2D eigenvalue weighted by molar-refractivity contribution is 4.82. The smallest absolute Gasteiger partial charge is 0.157 e. The lowest BCUT2D eigenvalue weighted by Gasteiger charge is -2.17. The average molecular weight is 135 g/mol. The Bertz CT molecular complexity index is 87.6. The van der Waals surface area contributed by atoms with E-state index in [4.69, 9.17) is 12.3 Å². The maximum absolute atomic E-state index is 5.44. The average Bonchev–Trinajstić information content (AvgIpc) is 1.30. The van der Waals surface area contributed by atoms with Crippen LogP contribution in [0.1, 0.15) is 0 Å². The van der Waals surface area contributed by atoms with Crippen LogP contribution in [0.3, 0.4) is 0 Å². The van der Waals surface area contributed by atoms with Crippen LogP contribution in [0.15, 0.2) is 0 Å². The van der Waals surface area contributed by atoms with Gasteiger partial charge >= 0.3 is 0 Å². The number of terminal acetylenes is 1. The number of rotatable bonds is 1. The van der Waals surface area contributed by atoms with Gasteiger partial charge in [-0.05, 0) is 5.92 Å². The van der Waals surface area contributed by atoms with E-state index in [2.05, 4.69) is 5.92 Å². The van der Waals surface area contributed by atoms with Gasteiger partial charge in [-0.1, -0.05) is 0 Å². The van der Waals surface area contributed by atoms with Crippen LogP contribution in [-0.2, 0) is 0 Å². The highest BCUT2D eigenvalue weighted by Crippen LogP contribution is 1.78. The molecule has 0 aliphatic rings. The molecule has 0 saturated carbocycles. The van der Waals surface area contributed by atoms with E-state index in [9.17, 15) is 0 Å². The molecule has 0 saturated heterocycles. The molecule has 0 heterocycles. The lowest BCUT2D eigenvalue weighted by Crippen LogP contribution is -3.00. The Balaban J connectivity index is 0. The van der Waals surface area contributed by atoms with Crippen molar-refractivity contribution in [3.63, 3.8) is 0 Å². The SMILES string of the molecule is C#CC[N+](C)(C)N.[Cl-]. The van der Waals surface area contributed by atoms with Crippen LogP contribution in [0.25, 0.3) is 0 Å². The van der Waals surface area contributed by atoms with Gasteiger partial charge in [0.1, 0.15) is 0 Å². The van der Waals surface area contributed by atoms with Crippen LogP contribution in [0.2, 0.25) is 0 Å². The molecule has 0 fully saturated rings. The van der Waals surface area contributed by atoms with Crippen LogP contribution in [0.4, 0.5) is 0 Å². The molecule has 3 heteroatoms. The van der Waals surface area contributed by atoms with Gasteiger partial charge in [0.25, 0.3) is 0 Å². The zero-order valence-corrected chi connectivity index (χ0v) is 5.94. The fourth-order valence-corrected chi connectivity index (χ4v) is 0.235. The van der Waals surface area contributed by atoms with Crippen LogP contribution in [0, 0.1) is 12.3 Å². The standard InChI is InChI=1S/C5H11N2.ClH/c1-4-5-7(2,3)6;/h1H,5-6H2,2-3H3;1H/q+1;/p-1. The predicted octanol–water partition coefficient (Wildman–Crippen LogP) is -3.43. The quantitative estimate of drug-likeness (QED) is 0.172. The van der Waals surface area contributed by atoms with Crippen LogP contribution in [-0.4, -0.2) is 25.2 Å². The van der Waals surface area contributed by atoms with Crippen LogP contribution in [0.5, 0.6) is 0 Å². The molecule has 0 unspecified atom stereocenters. The first kappa shape index (κ1) is 10.7. The topological polar surface area (TPSA) is 26.0 Å². The second kappa shape index (κ2) is 3.73. The minimum atomic E-state index is 0. The molecule has 8 heavy (non-hydrogen) atoms. The molecule has 0 amide bonds. The Labute approximate surface area is 56.6 Å². The molecule has 2 N–H and O–H groups in total. The summed E-state index contributed by atoms with van der Waals surface area (Å²) in [7, 11) is 3.69. The second-order valence-electron chi connectivity index (χ2n) is 2.14. The molecule has 0 spiro atoms. The number of nitrogens with zero attached hydrogens (tertiary/aromatic N) is 1. The highest BCUT2D eigenvalue weighted by Gasteiger charge is 2.01. The normalized spacial score (nSPS) is 9.25. The molecule has 48 valence electrons. The van der Waals surface area contributed by atoms with Gasteiger partial charge in [0, 0.05) is 0 Å². The molecular formula is C5H11ClN2. The van der Waals surface area contributed by atoms with Gasteiger partial charge in [0.05, 0.1) is 14.1 Å². The van der Waals surface area contributed by atoms with E-state index >= 15 is 0 Å². The molecule has 0 atom stereocenters. The molecule has 0 aliphatic heterocycles. The van der Waals surface area contributed by atoms with E-state index in [0.29, 0.717) is 11.1 Å². The minimum Gasteiger partial charge on any atom is -1.00 e. The molecule has 0 radical (unpaired) electrons. The minimum absolute atomic E-state index is 0. The van der Waals surface area contributed by atoms with Gasteiger partial charge < -0.3 is 12.4 Å². The van der Waals surface area contributed by atoms with Crippen molar-refractivity contribution in [2.24, 2.45) is 5.84 Å². The largest absolute Gasteiger partial charge is 1.00 e. The number of hydrogen-bond acceptors (Lipinski definition) is 1. The fourth-order valence-electron chi connectivity index (χ4n) is 0.235. The molecule has 0 aromatic carbocycles. The Hall–Kier alpha value is -0.230. The van der Waals surface area contributed by atoms with Crippen molar-refractivity contribution in [3.05, 3.63) is 0 Å². The van der Waals surface area contributed by atoms with Crippen molar-refractivity contribution in [2.45, 2.75) is 0 Å². The summed E-state index contributed by atoms with van der Waals surface area (Å²) in [6, 6.07) is 0. The monoisotopic (exact) mass is 134 g/mol. The van der Waals surface area contributed by atoms with Gasteiger partial charge in [-0.25, -0.2) is 4.59 Å². The van der Waals surface area contributed by atoms with Crippen molar-refractivity contribution in [1.29, 1.82) is 0 Å². The van der Waals surface area contributed by atoms with Gasteiger partial charge in [-0.2, -0.15) is 5.84 Å². The molecule has 0 aliphatic carbocycles. The molecule has 0 aromatic heterocycles. The van der Waals surface area contributed by atoms with Crippen molar-refractivity contribution in [2.75, 3.05) is 20.6 Å². The summed E-state index contributed by atoms with van der Waals surface area (Å²) in [5, 5.41) is 0. The number of hydrogen-bond donors (Lipinski definition) is 1. The summed E-state index contributed by atoms with van der Waals surface area (Å²) >= 11 is 0. The molecule has 0 aromatic rings. The lowest BCUT2D eigenvalue weighted by molar-refractivity contribution is -0.895. The van der Waals surface area contributed by atoms with Crippen molar-refractivity contribution in [3.8, 4) is 12.3 Å². The fraction of sp³-hybridized carbons (Fsp3) is 0.600.